The fraction of sp³-hybridized carbons (Fsp3) is 0.200. The molecule has 0 radical (unpaired) electrons. The van der Waals surface area contributed by atoms with E-state index in [2.05, 4.69) is 20.0 Å². The van der Waals surface area contributed by atoms with E-state index in [1.54, 1.807) is 13.8 Å². The van der Waals surface area contributed by atoms with E-state index in [1.807, 2.05) is 0 Å². The zero-order valence-corrected chi connectivity index (χ0v) is 12.3. The van der Waals surface area contributed by atoms with Crippen LogP contribution < -0.4 is 0 Å². The maximum atomic E-state index is 12.0. The van der Waals surface area contributed by atoms with Crippen LogP contribution in [-0.2, 0) is 6.42 Å². The number of amides is 2. The molecule has 0 aliphatic carbocycles. The van der Waals surface area contributed by atoms with E-state index >= 15 is 0 Å². The van der Waals surface area contributed by atoms with Crippen LogP contribution in [0.25, 0.3) is 0 Å². The normalized spacial score (nSPS) is 15.7. The van der Waals surface area contributed by atoms with Crippen LogP contribution in [0.4, 0.5) is 0 Å². The minimum Gasteiger partial charge on any atom is -0.494 e. The van der Waals surface area contributed by atoms with Crippen molar-refractivity contribution in [1.82, 2.24) is 9.97 Å². The first kappa shape index (κ1) is 13.5. The van der Waals surface area contributed by atoms with Crippen LogP contribution in [0.2, 0.25) is 0 Å². The Morgan fingerprint density at radius 1 is 0.783 bits per heavy atom. The molecule has 23 heavy (non-hydrogen) atoms. The lowest BCUT2D eigenvalue weighted by Gasteiger charge is -2.00. The smallest absolute Gasteiger partial charge is 0.279 e. The van der Waals surface area contributed by atoms with Crippen LogP contribution in [0.1, 0.15) is 57.1 Å². The zero-order chi connectivity index (χ0) is 16.5. The lowest BCUT2D eigenvalue weighted by molar-refractivity contribution is 0.0998. The molecule has 2 amide bonds. The van der Waals surface area contributed by atoms with Gasteiger partial charge < -0.3 is 20.2 Å². The van der Waals surface area contributed by atoms with E-state index in [1.165, 1.54) is 0 Å². The number of aromatic hydroxyl groups is 2. The molecule has 0 aromatic carbocycles. The predicted molar refractivity (Wildman–Crippen MR) is 80.8 cm³/mol. The van der Waals surface area contributed by atoms with Gasteiger partial charge >= 0.3 is 0 Å². The Balaban J connectivity index is 1.82. The fourth-order valence-corrected chi connectivity index (χ4v) is 3.22. The highest BCUT2D eigenvalue weighted by Crippen LogP contribution is 2.35. The molecule has 0 saturated carbocycles. The highest BCUT2D eigenvalue weighted by molar-refractivity contribution is 6.23. The summed E-state index contributed by atoms with van der Waals surface area (Å²) in [5.41, 5.74) is 3.12. The Labute approximate surface area is 129 Å². The molecule has 116 valence electrons. The second-order valence-corrected chi connectivity index (χ2v) is 5.59. The highest BCUT2D eigenvalue weighted by Gasteiger charge is 2.33. The molecule has 4 N–H and O–H groups in total. The summed E-state index contributed by atoms with van der Waals surface area (Å²) in [4.78, 5) is 37.2. The van der Waals surface area contributed by atoms with Gasteiger partial charge in [-0.25, -0.2) is 9.98 Å². The van der Waals surface area contributed by atoms with Crippen molar-refractivity contribution >= 4 is 23.2 Å². The summed E-state index contributed by atoms with van der Waals surface area (Å²) in [6, 6.07) is 0. The van der Waals surface area contributed by atoms with Crippen LogP contribution in [0, 0.1) is 0 Å². The summed E-state index contributed by atoms with van der Waals surface area (Å²) in [6.07, 6.45) is 0.134. The number of aromatic amines is 2. The second-order valence-electron chi connectivity index (χ2n) is 5.59. The molecule has 0 bridgehead atoms. The van der Waals surface area contributed by atoms with E-state index in [-0.39, 0.29) is 18.2 Å². The van der Waals surface area contributed by atoms with Crippen molar-refractivity contribution < 1.29 is 19.8 Å². The van der Waals surface area contributed by atoms with Gasteiger partial charge in [-0.3, -0.25) is 9.59 Å². The van der Waals surface area contributed by atoms with Gasteiger partial charge in [-0.1, -0.05) is 0 Å². The van der Waals surface area contributed by atoms with Crippen molar-refractivity contribution in [3.63, 3.8) is 0 Å². The van der Waals surface area contributed by atoms with E-state index in [4.69, 9.17) is 0 Å². The highest BCUT2D eigenvalue weighted by atomic mass is 16.3. The van der Waals surface area contributed by atoms with Gasteiger partial charge in [0.25, 0.3) is 11.8 Å². The Morgan fingerprint density at radius 3 is 1.57 bits per heavy atom. The SMILES string of the molecule is CC1=NC(=O)c2c(Cc3[nH]c(O)c4c3C(=O)N=C4C)[nH]c(O)c21. The number of nitrogens with one attached hydrogen (secondary N) is 2. The number of H-pyrrole nitrogens is 2. The quantitative estimate of drug-likeness (QED) is 0.665. The minimum atomic E-state index is -0.435. The number of carbonyl (C=O) groups excluding carboxylic acids is 2. The average Bonchev–Trinajstić information content (AvgIpc) is 3.12. The van der Waals surface area contributed by atoms with Gasteiger partial charge in [0.1, 0.15) is 0 Å². The molecule has 0 saturated heterocycles. The minimum absolute atomic E-state index is 0.131. The number of carbonyl (C=O) groups is 2. The molecule has 2 aromatic rings. The van der Waals surface area contributed by atoms with E-state index in [9.17, 15) is 19.8 Å². The first-order valence-corrected chi connectivity index (χ1v) is 6.96. The molecule has 8 nitrogen and oxygen atoms in total. The molecule has 2 aromatic heterocycles. The summed E-state index contributed by atoms with van der Waals surface area (Å²) in [6.45, 7) is 3.28. The van der Waals surface area contributed by atoms with Crippen LogP contribution in [0.5, 0.6) is 11.8 Å². The Hall–Kier alpha value is -3.16. The molecule has 2 aliphatic heterocycles. The Bertz CT molecular complexity index is 896. The van der Waals surface area contributed by atoms with Crippen molar-refractivity contribution in [2.75, 3.05) is 0 Å². The van der Waals surface area contributed by atoms with Crippen molar-refractivity contribution in [3.8, 4) is 11.8 Å². The lowest BCUT2D eigenvalue weighted by atomic mass is 10.0. The van der Waals surface area contributed by atoms with Gasteiger partial charge in [-0.2, -0.15) is 0 Å². The topological polar surface area (TPSA) is 131 Å². The number of nitrogens with zero attached hydrogens (tertiary/aromatic N) is 2. The first-order valence-electron chi connectivity index (χ1n) is 6.96. The van der Waals surface area contributed by atoms with Crippen molar-refractivity contribution in [2.45, 2.75) is 20.3 Å². The van der Waals surface area contributed by atoms with E-state index in [0.29, 0.717) is 45.1 Å². The molecule has 0 fully saturated rings. The van der Waals surface area contributed by atoms with Crippen LogP contribution in [0.15, 0.2) is 9.98 Å². The number of fused-ring (bicyclic) bond motifs is 2. The monoisotopic (exact) mass is 312 g/mol. The maximum Gasteiger partial charge on any atom is 0.279 e. The third kappa shape index (κ3) is 1.65. The molecule has 0 atom stereocenters. The number of hydrogen-bond acceptors (Lipinski definition) is 4. The molecular formula is C15H12N4O4. The number of aromatic nitrogens is 2. The van der Waals surface area contributed by atoms with Gasteiger partial charge in [0.05, 0.1) is 33.7 Å². The van der Waals surface area contributed by atoms with Crippen molar-refractivity contribution in [3.05, 3.63) is 33.6 Å². The third-order valence-electron chi connectivity index (χ3n) is 4.16. The fourth-order valence-electron chi connectivity index (χ4n) is 3.22. The lowest BCUT2D eigenvalue weighted by Crippen LogP contribution is -2.02. The summed E-state index contributed by atoms with van der Waals surface area (Å²) < 4.78 is 0. The largest absolute Gasteiger partial charge is 0.494 e. The van der Waals surface area contributed by atoms with Crippen molar-refractivity contribution in [1.29, 1.82) is 0 Å². The maximum absolute atomic E-state index is 12.0. The molecular weight excluding hydrogens is 300 g/mol. The second kappa shape index (κ2) is 4.19. The first-order chi connectivity index (χ1) is 10.9. The number of hydrogen-bond donors (Lipinski definition) is 4. The molecule has 4 rings (SSSR count). The molecule has 2 aliphatic rings. The van der Waals surface area contributed by atoms with Gasteiger partial charge in [0, 0.05) is 17.8 Å². The molecule has 4 heterocycles. The number of rotatable bonds is 2. The summed E-state index contributed by atoms with van der Waals surface area (Å²) >= 11 is 0. The Kier molecular flexibility index (Phi) is 2.46. The molecule has 0 unspecified atom stereocenters. The van der Waals surface area contributed by atoms with Crippen LogP contribution >= 0.6 is 0 Å². The van der Waals surface area contributed by atoms with Gasteiger partial charge in [0.15, 0.2) is 11.8 Å². The van der Waals surface area contributed by atoms with Crippen LogP contribution in [0.3, 0.4) is 0 Å². The summed E-state index contributed by atoms with van der Waals surface area (Å²) in [7, 11) is 0. The summed E-state index contributed by atoms with van der Waals surface area (Å²) in [5.74, 6) is -1.13. The van der Waals surface area contributed by atoms with Crippen molar-refractivity contribution in [2.24, 2.45) is 9.98 Å². The van der Waals surface area contributed by atoms with E-state index < -0.39 is 11.8 Å². The average molecular weight is 312 g/mol. The molecule has 8 heteroatoms. The van der Waals surface area contributed by atoms with Gasteiger partial charge in [0.2, 0.25) is 0 Å². The number of aliphatic imine (C=N–C) groups is 2. The predicted octanol–water partition coefficient (Wildman–Crippen LogP) is 1.27. The molecule has 0 spiro atoms. The van der Waals surface area contributed by atoms with Gasteiger partial charge in [-0.05, 0) is 13.8 Å². The summed E-state index contributed by atoms with van der Waals surface area (Å²) in [5, 5.41) is 19.9. The Morgan fingerprint density at radius 2 is 1.17 bits per heavy atom. The zero-order valence-electron chi connectivity index (χ0n) is 12.3. The van der Waals surface area contributed by atoms with E-state index in [0.717, 1.165) is 0 Å². The third-order valence-corrected chi connectivity index (χ3v) is 4.16. The van der Waals surface area contributed by atoms with Crippen LogP contribution in [-0.4, -0.2) is 43.4 Å². The van der Waals surface area contributed by atoms with Gasteiger partial charge in [-0.15, -0.1) is 0 Å². The standard InChI is InChI=1S/C15H12N4O4/c1-4-8-10(14(22)16-4)6(18-12(8)20)3-7-11-9(13(21)19-7)5(2)17-15(11)23/h18-21H,3H2,1-2H3.